The second-order valence-corrected chi connectivity index (χ2v) is 4.16. The SMILES string of the molecule is CCOC(CCOc1cccc(C)c1[N+](=O)[O-])OCC. The fourth-order valence-corrected chi connectivity index (χ4v) is 1.83. The number of para-hydroxylation sites is 1. The number of ether oxygens (including phenoxy) is 3. The first-order valence-corrected chi connectivity index (χ1v) is 6.70. The molecule has 0 unspecified atom stereocenters. The summed E-state index contributed by atoms with van der Waals surface area (Å²) in [4.78, 5) is 10.6. The van der Waals surface area contributed by atoms with Crippen molar-refractivity contribution in [2.45, 2.75) is 33.5 Å². The van der Waals surface area contributed by atoms with Crippen molar-refractivity contribution < 1.29 is 19.1 Å². The Morgan fingerprint density at radius 3 is 2.45 bits per heavy atom. The average Bonchev–Trinajstić information content (AvgIpc) is 2.38. The second-order valence-electron chi connectivity index (χ2n) is 4.16. The fourth-order valence-electron chi connectivity index (χ4n) is 1.83. The van der Waals surface area contributed by atoms with Crippen LogP contribution in [0.4, 0.5) is 5.69 Å². The summed E-state index contributed by atoms with van der Waals surface area (Å²) >= 11 is 0. The molecule has 6 heteroatoms. The van der Waals surface area contributed by atoms with Crippen LogP contribution in [0.25, 0.3) is 0 Å². The Hall–Kier alpha value is -1.66. The molecule has 0 radical (unpaired) electrons. The van der Waals surface area contributed by atoms with Crippen LogP contribution in [0.3, 0.4) is 0 Å². The molecule has 0 fully saturated rings. The van der Waals surface area contributed by atoms with Gasteiger partial charge in [0.15, 0.2) is 12.0 Å². The van der Waals surface area contributed by atoms with Gasteiger partial charge in [0.05, 0.1) is 11.5 Å². The molecule has 1 aromatic carbocycles. The Balaban J connectivity index is 2.61. The van der Waals surface area contributed by atoms with Crippen LogP contribution in [0.5, 0.6) is 5.75 Å². The topological polar surface area (TPSA) is 70.8 Å². The standard InChI is InChI=1S/C14H21NO5/c1-4-18-13(19-5-2)9-10-20-12-8-6-7-11(3)14(12)15(16)17/h6-8,13H,4-5,9-10H2,1-3H3. The maximum absolute atomic E-state index is 11.0. The molecule has 0 aliphatic carbocycles. The number of hydrogen-bond acceptors (Lipinski definition) is 5. The van der Waals surface area contributed by atoms with Crippen LogP contribution < -0.4 is 4.74 Å². The van der Waals surface area contributed by atoms with Gasteiger partial charge in [-0.05, 0) is 26.8 Å². The minimum Gasteiger partial charge on any atom is -0.487 e. The van der Waals surface area contributed by atoms with Crippen molar-refractivity contribution >= 4 is 5.69 Å². The van der Waals surface area contributed by atoms with E-state index in [0.717, 1.165) is 0 Å². The van der Waals surface area contributed by atoms with Crippen molar-refractivity contribution in [2.24, 2.45) is 0 Å². The highest BCUT2D eigenvalue weighted by Gasteiger charge is 2.18. The Bertz CT molecular complexity index is 430. The van der Waals surface area contributed by atoms with Crippen LogP contribution in [-0.2, 0) is 9.47 Å². The number of benzene rings is 1. The predicted octanol–water partition coefficient (Wildman–Crippen LogP) is 3.07. The summed E-state index contributed by atoms with van der Waals surface area (Å²) in [6.07, 6.45) is 0.182. The molecule has 6 nitrogen and oxygen atoms in total. The zero-order valence-corrected chi connectivity index (χ0v) is 12.1. The van der Waals surface area contributed by atoms with Gasteiger partial charge in [-0.2, -0.15) is 0 Å². The van der Waals surface area contributed by atoms with E-state index >= 15 is 0 Å². The van der Waals surface area contributed by atoms with Crippen LogP contribution in [0.15, 0.2) is 18.2 Å². The van der Waals surface area contributed by atoms with E-state index in [1.807, 2.05) is 13.8 Å². The normalized spacial score (nSPS) is 10.8. The van der Waals surface area contributed by atoms with E-state index in [1.165, 1.54) is 0 Å². The molecular formula is C14H21NO5. The van der Waals surface area contributed by atoms with E-state index in [1.54, 1.807) is 25.1 Å². The van der Waals surface area contributed by atoms with Crippen LogP contribution in [0.2, 0.25) is 0 Å². The molecule has 1 rings (SSSR count). The van der Waals surface area contributed by atoms with Crippen LogP contribution in [0, 0.1) is 17.0 Å². The zero-order chi connectivity index (χ0) is 15.0. The van der Waals surface area contributed by atoms with Crippen LogP contribution in [-0.4, -0.2) is 31.0 Å². The van der Waals surface area contributed by atoms with Gasteiger partial charge < -0.3 is 14.2 Å². The third-order valence-electron chi connectivity index (χ3n) is 2.70. The van der Waals surface area contributed by atoms with Crippen molar-refractivity contribution in [3.8, 4) is 5.75 Å². The van der Waals surface area contributed by atoms with Crippen LogP contribution >= 0.6 is 0 Å². The lowest BCUT2D eigenvalue weighted by Gasteiger charge is -2.17. The van der Waals surface area contributed by atoms with Gasteiger partial charge >= 0.3 is 5.69 Å². The molecule has 0 spiro atoms. The van der Waals surface area contributed by atoms with Crippen molar-refractivity contribution in [1.82, 2.24) is 0 Å². The Labute approximate surface area is 118 Å². The summed E-state index contributed by atoms with van der Waals surface area (Å²) in [6, 6.07) is 5.02. The number of nitro groups is 1. The van der Waals surface area contributed by atoms with E-state index in [-0.39, 0.29) is 17.7 Å². The maximum atomic E-state index is 11.0. The summed E-state index contributed by atoms with van der Waals surface area (Å²) in [6.45, 7) is 6.87. The number of aryl methyl sites for hydroxylation is 1. The minimum atomic E-state index is -0.423. The molecule has 1 aromatic rings. The van der Waals surface area contributed by atoms with Crippen molar-refractivity contribution in [3.63, 3.8) is 0 Å². The fraction of sp³-hybridized carbons (Fsp3) is 0.571. The first-order valence-electron chi connectivity index (χ1n) is 6.70. The lowest BCUT2D eigenvalue weighted by molar-refractivity contribution is -0.386. The molecule has 0 saturated heterocycles. The zero-order valence-electron chi connectivity index (χ0n) is 12.1. The van der Waals surface area contributed by atoms with Gasteiger partial charge in [0, 0.05) is 25.2 Å². The molecule has 0 aliphatic heterocycles. The summed E-state index contributed by atoms with van der Waals surface area (Å²) in [5, 5.41) is 11.0. The molecule has 0 aromatic heterocycles. The summed E-state index contributed by atoms with van der Waals surface area (Å²) in [5.41, 5.74) is 0.593. The number of nitro benzene ring substituents is 1. The lowest BCUT2D eigenvalue weighted by atomic mass is 10.2. The van der Waals surface area contributed by atoms with E-state index in [2.05, 4.69) is 0 Å². The van der Waals surface area contributed by atoms with Crippen molar-refractivity contribution in [1.29, 1.82) is 0 Å². The summed E-state index contributed by atoms with van der Waals surface area (Å²) in [5.74, 6) is 0.279. The number of rotatable bonds is 9. The molecule has 0 N–H and O–H groups in total. The molecule has 0 heterocycles. The quantitative estimate of drug-likeness (QED) is 0.395. The molecule has 0 saturated carbocycles. The minimum absolute atomic E-state index is 0.0110. The molecule has 0 atom stereocenters. The molecule has 0 aliphatic rings. The van der Waals surface area contributed by atoms with Gasteiger partial charge in [-0.1, -0.05) is 12.1 Å². The number of hydrogen-bond donors (Lipinski definition) is 0. The van der Waals surface area contributed by atoms with Crippen LogP contribution in [0.1, 0.15) is 25.8 Å². The third kappa shape index (κ3) is 4.79. The smallest absolute Gasteiger partial charge is 0.313 e. The Morgan fingerprint density at radius 2 is 1.90 bits per heavy atom. The Kier molecular flexibility index (Phi) is 6.97. The highest BCUT2D eigenvalue weighted by molar-refractivity contribution is 5.51. The highest BCUT2D eigenvalue weighted by Crippen LogP contribution is 2.30. The highest BCUT2D eigenvalue weighted by atomic mass is 16.7. The van der Waals surface area contributed by atoms with E-state index in [4.69, 9.17) is 14.2 Å². The molecule has 20 heavy (non-hydrogen) atoms. The predicted molar refractivity (Wildman–Crippen MR) is 75.0 cm³/mol. The summed E-state index contributed by atoms with van der Waals surface area (Å²) in [7, 11) is 0. The van der Waals surface area contributed by atoms with Gasteiger partial charge in [0.2, 0.25) is 0 Å². The molecule has 0 bridgehead atoms. The van der Waals surface area contributed by atoms with Gasteiger partial charge in [0.25, 0.3) is 0 Å². The average molecular weight is 283 g/mol. The first-order chi connectivity index (χ1) is 9.60. The molecule has 112 valence electrons. The maximum Gasteiger partial charge on any atom is 0.313 e. The lowest BCUT2D eigenvalue weighted by Crippen LogP contribution is -2.20. The van der Waals surface area contributed by atoms with E-state index in [9.17, 15) is 10.1 Å². The van der Waals surface area contributed by atoms with Gasteiger partial charge in [-0.15, -0.1) is 0 Å². The molecular weight excluding hydrogens is 262 g/mol. The monoisotopic (exact) mass is 283 g/mol. The molecule has 0 amide bonds. The van der Waals surface area contributed by atoms with Gasteiger partial charge in [-0.25, -0.2) is 0 Å². The number of nitrogens with zero attached hydrogens (tertiary/aromatic N) is 1. The largest absolute Gasteiger partial charge is 0.487 e. The van der Waals surface area contributed by atoms with Crippen molar-refractivity contribution in [3.05, 3.63) is 33.9 Å². The Morgan fingerprint density at radius 1 is 1.25 bits per heavy atom. The second kappa shape index (κ2) is 8.50. The first kappa shape index (κ1) is 16.4. The van der Waals surface area contributed by atoms with Crippen molar-refractivity contribution in [2.75, 3.05) is 19.8 Å². The van der Waals surface area contributed by atoms with E-state index < -0.39 is 4.92 Å². The van der Waals surface area contributed by atoms with Gasteiger partial charge in [0.1, 0.15) is 0 Å². The summed E-state index contributed by atoms with van der Waals surface area (Å²) < 4.78 is 16.3. The van der Waals surface area contributed by atoms with E-state index in [0.29, 0.717) is 31.8 Å². The third-order valence-corrected chi connectivity index (χ3v) is 2.70. The van der Waals surface area contributed by atoms with Gasteiger partial charge in [-0.3, -0.25) is 10.1 Å².